The van der Waals surface area contributed by atoms with E-state index in [0.29, 0.717) is 23.1 Å². The third-order valence-electron chi connectivity index (χ3n) is 3.39. The minimum absolute atomic E-state index is 0.0350. The Balaban J connectivity index is 2.59. The molecule has 0 saturated carbocycles. The van der Waals surface area contributed by atoms with Crippen LogP contribution in [0.5, 0.6) is 0 Å². The van der Waals surface area contributed by atoms with Crippen LogP contribution in [0.25, 0.3) is 0 Å². The Labute approximate surface area is 166 Å². The van der Waals surface area contributed by atoms with Gasteiger partial charge in [0.15, 0.2) is 4.88 Å². The SMILES string of the molecule is NC(=O)c1sc2c([n+]1[O-])C(SC[C@H](N)C(=O)O)C(SC(F)(F)F)=CC2[N+](=O)[O-]. The lowest BCUT2D eigenvalue weighted by molar-refractivity contribution is -0.612. The fraction of sp³-hybridized carbons (Fsp3) is 0.417. The van der Waals surface area contributed by atoms with Crippen LogP contribution in [-0.2, 0) is 4.79 Å². The average molecular weight is 460 g/mol. The van der Waals surface area contributed by atoms with Gasteiger partial charge in [-0.25, -0.2) is 0 Å². The van der Waals surface area contributed by atoms with Crippen molar-refractivity contribution in [2.75, 3.05) is 5.75 Å². The number of fused-ring (bicyclic) bond motifs is 1. The first-order valence-electron chi connectivity index (χ1n) is 7.10. The van der Waals surface area contributed by atoms with Gasteiger partial charge in [0.2, 0.25) is 5.69 Å². The highest BCUT2D eigenvalue weighted by Crippen LogP contribution is 2.53. The molecule has 1 aromatic heterocycles. The number of halogens is 3. The summed E-state index contributed by atoms with van der Waals surface area (Å²) < 4.78 is 38.8. The number of aromatic nitrogens is 1. The molecular weight excluding hydrogens is 449 g/mol. The molecule has 10 nitrogen and oxygen atoms in total. The Hall–Kier alpha value is -2.04. The molecule has 0 fully saturated rings. The number of nitro groups is 1. The van der Waals surface area contributed by atoms with Crippen molar-refractivity contribution in [1.82, 2.24) is 0 Å². The maximum Gasteiger partial charge on any atom is 0.446 e. The summed E-state index contributed by atoms with van der Waals surface area (Å²) in [6.07, 6.45) is 0.728. The molecule has 0 aliphatic heterocycles. The summed E-state index contributed by atoms with van der Waals surface area (Å²) in [5.74, 6) is -3.01. The largest absolute Gasteiger partial charge is 0.617 e. The molecule has 154 valence electrons. The van der Waals surface area contributed by atoms with Gasteiger partial charge in [0.25, 0.3) is 6.04 Å². The van der Waals surface area contributed by atoms with Gasteiger partial charge in [-0.3, -0.25) is 19.7 Å². The van der Waals surface area contributed by atoms with Crippen LogP contribution in [0, 0.1) is 15.3 Å². The van der Waals surface area contributed by atoms with E-state index in [9.17, 15) is 38.1 Å². The van der Waals surface area contributed by atoms with Crippen LogP contribution in [0.15, 0.2) is 11.0 Å². The van der Waals surface area contributed by atoms with Crippen LogP contribution in [-0.4, -0.2) is 39.2 Å². The molecule has 0 radical (unpaired) electrons. The van der Waals surface area contributed by atoms with Crippen molar-refractivity contribution in [3.05, 3.63) is 41.9 Å². The molecular formula is C12H11F3N4O6S3. The average Bonchev–Trinajstić information content (AvgIpc) is 2.89. The number of nitrogens with two attached hydrogens (primary N) is 2. The van der Waals surface area contributed by atoms with Crippen molar-refractivity contribution in [2.24, 2.45) is 11.5 Å². The second-order valence-corrected chi connectivity index (χ2v) is 8.63. The summed E-state index contributed by atoms with van der Waals surface area (Å²) in [7, 11) is 0. The zero-order valence-corrected chi connectivity index (χ0v) is 15.9. The summed E-state index contributed by atoms with van der Waals surface area (Å²) >= 11 is 0.344. The first kappa shape index (κ1) is 22.3. The number of carbonyl (C=O) groups excluding carboxylic acids is 1. The van der Waals surface area contributed by atoms with E-state index in [1.54, 1.807) is 0 Å². The number of thioether (sulfide) groups is 2. The Bertz CT molecular complexity index is 858. The monoisotopic (exact) mass is 460 g/mol. The number of hydrogen-bond donors (Lipinski definition) is 3. The molecule has 0 bridgehead atoms. The van der Waals surface area contributed by atoms with Crippen molar-refractivity contribution < 1.29 is 37.5 Å². The molecule has 5 N–H and O–H groups in total. The van der Waals surface area contributed by atoms with E-state index in [0.717, 1.165) is 6.08 Å². The second kappa shape index (κ2) is 8.14. The molecule has 1 heterocycles. The number of carboxylic acids is 1. The molecule has 1 aliphatic carbocycles. The van der Waals surface area contributed by atoms with Gasteiger partial charge in [-0.05, 0) is 11.8 Å². The quantitative estimate of drug-likeness (QED) is 0.233. The summed E-state index contributed by atoms with van der Waals surface area (Å²) in [5, 5.41) is 30.6. The number of amides is 1. The number of primary amides is 1. The highest BCUT2D eigenvalue weighted by Gasteiger charge is 2.48. The van der Waals surface area contributed by atoms with Gasteiger partial charge < -0.3 is 21.8 Å². The fourth-order valence-electron chi connectivity index (χ4n) is 2.27. The van der Waals surface area contributed by atoms with Crippen LogP contribution < -0.4 is 16.2 Å². The van der Waals surface area contributed by atoms with E-state index in [1.165, 1.54) is 0 Å². The van der Waals surface area contributed by atoms with Crippen molar-refractivity contribution in [2.45, 2.75) is 22.8 Å². The molecule has 1 aliphatic rings. The fourth-order valence-corrected chi connectivity index (χ4v) is 5.61. The molecule has 0 saturated heterocycles. The number of aliphatic carboxylic acids is 1. The topological polar surface area (TPSA) is 176 Å². The third kappa shape index (κ3) is 4.68. The van der Waals surface area contributed by atoms with E-state index >= 15 is 0 Å². The van der Waals surface area contributed by atoms with E-state index in [-0.39, 0.29) is 15.4 Å². The van der Waals surface area contributed by atoms with Crippen LogP contribution in [0.4, 0.5) is 13.2 Å². The van der Waals surface area contributed by atoms with Crippen LogP contribution >= 0.6 is 34.9 Å². The molecule has 2 unspecified atom stereocenters. The number of hydrogen-bond acceptors (Lipinski definition) is 9. The number of thiazole rings is 1. The standard InChI is InChI=1S/C12H11F3N4O6S3/c13-12(14,15)28-5-1-4(19(24)25)7-6(18(23)10(27-7)9(17)20)8(5)26-2-3(16)11(21)22/h1,3-4,8H,2,16H2,(H2,17,20)(H,21,22)/t3-,4?,8?/m0/s1. The summed E-state index contributed by atoms with van der Waals surface area (Å²) in [6, 6.07) is -3.24. The van der Waals surface area contributed by atoms with Gasteiger partial charge in [-0.2, -0.15) is 17.9 Å². The van der Waals surface area contributed by atoms with Crippen molar-refractivity contribution in [3.8, 4) is 0 Å². The summed E-state index contributed by atoms with van der Waals surface area (Å²) in [6.45, 7) is 0. The van der Waals surface area contributed by atoms with Gasteiger partial charge in [0.1, 0.15) is 11.3 Å². The predicted molar refractivity (Wildman–Crippen MR) is 94.1 cm³/mol. The van der Waals surface area contributed by atoms with Gasteiger partial charge in [0.05, 0.1) is 0 Å². The molecule has 16 heteroatoms. The molecule has 1 aromatic rings. The lowest BCUT2D eigenvalue weighted by Gasteiger charge is -2.24. The normalized spacial score (nSPS) is 20.2. The predicted octanol–water partition coefficient (Wildman–Crippen LogP) is 1.13. The van der Waals surface area contributed by atoms with Crippen molar-refractivity contribution in [1.29, 1.82) is 0 Å². The molecule has 0 aromatic carbocycles. The number of nitrogens with zero attached hydrogens (tertiary/aromatic N) is 2. The van der Waals surface area contributed by atoms with Crippen LogP contribution in [0.1, 0.15) is 31.7 Å². The van der Waals surface area contributed by atoms with Crippen molar-refractivity contribution in [3.63, 3.8) is 0 Å². The van der Waals surface area contributed by atoms with E-state index in [2.05, 4.69) is 0 Å². The Morgan fingerprint density at radius 3 is 2.54 bits per heavy atom. The minimum Gasteiger partial charge on any atom is -0.617 e. The van der Waals surface area contributed by atoms with Crippen LogP contribution in [0.3, 0.4) is 0 Å². The number of alkyl halides is 3. The lowest BCUT2D eigenvalue weighted by Crippen LogP contribution is -2.40. The Morgan fingerprint density at radius 2 is 2.07 bits per heavy atom. The molecule has 1 amide bonds. The summed E-state index contributed by atoms with van der Waals surface area (Å²) in [4.78, 5) is 31.9. The van der Waals surface area contributed by atoms with E-state index in [4.69, 9.17) is 16.6 Å². The lowest BCUT2D eigenvalue weighted by atomic mass is 10.1. The highest BCUT2D eigenvalue weighted by molar-refractivity contribution is 8.06. The van der Waals surface area contributed by atoms with Gasteiger partial charge in [-0.15, -0.1) is 11.8 Å². The highest BCUT2D eigenvalue weighted by atomic mass is 32.2. The van der Waals surface area contributed by atoms with Crippen LogP contribution in [0.2, 0.25) is 0 Å². The number of carboxylic acid groups (broad SMARTS) is 1. The minimum atomic E-state index is -4.82. The number of carbonyl (C=O) groups is 2. The first-order chi connectivity index (χ1) is 12.8. The first-order valence-corrected chi connectivity index (χ1v) is 9.78. The second-order valence-electron chi connectivity index (χ2n) is 5.32. The number of rotatable bonds is 7. The van der Waals surface area contributed by atoms with Crippen molar-refractivity contribution >= 4 is 46.7 Å². The molecule has 28 heavy (non-hydrogen) atoms. The molecule has 0 spiro atoms. The Kier molecular flexibility index (Phi) is 6.47. The maximum atomic E-state index is 12.9. The van der Waals surface area contributed by atoms with Gasteiger partial charge in [0, 0.05) is 21.7 Å². The summed E-state index contributed by atoms with van der Waals surface area (Å²) in [5.41, 5.74) is 5.14. The van der Waals surface area contributed by atoms with Gasteiger partial charge >= 0.3 is 22.4 Å². The molecule has 2 rings (SSSR count). The Morgan fingerprint density at radius 1 is 1.46 bits per heavy atom. The van der Waals surface area contributed by atoms with E-state index in [1.807, 2.05) is 0 Å². The molecule has 3 atom stereocenters. The third-order valence-corrected chi connectivity index (χ3v) is 6.97. The maximum absolute atomic E-state index is 12.9. The van der Waals surface area contributed by atoms with E-state index < -0.39 is 67.0 Å². The zero-order chi connectivity index (χ0) is 21.4. The zero-order valence-electron chi connectivity index (χ0n) is 13.4. The smallest absolute Gasteiger partial charge is 0.446 e. The van der Waals surface area contributed by atoms with Gasteiger partial charge in [-0.1, -0.05) is 11.3 Å².